The molecule has 3 aromatic rings. The van der Waals surface area contributed by atoms with Crippen LogP contribution < -0.4 is 10.2 Å². The fourth-order valence-electron chi connectivity index (χ4n) is 2.22. The van der Waals surface area contributed by atoms with Crippen LogP contribution in [0.25, 0.3) is 16.6 Å². The number of ether oxygens (including phenoxy) is 1. The molecule has 1 aromatic heterocycles. The summed E-state index contributed by atoms with van der Waals surface area (Å²) in [5.41, 5.74) is 1.58. The number of hydrogen-bond donors (Lipinski definition) is 1. The van der Waals surface area contributed by atoms with E-state index in [0.717, 1.165) is 5.75 Å². The summed E-state index contributed by atoms with van der Waals surface area (Å²) in [5, 5.41) is 18.4. The molecule has 0 aliphatic rings. The largest absolute Gasteiger partial charge is 0.497 e. The predicted octanol–water partition coefficient (Wildman–Crippen LogP) is 2.39. The number of aromatic nitrogens is 2. The van der Waals surface area contributed by atoms with Crippen molar-refractivity contribution in [2.24, 2.45) is 0 Å². The number of para-hydroxylation sites is 1. The van der Waals surface area contributed by atoms with Crippen LogP contribution in [0.4, 0.5) is 0 Å². The number of benzene rings is 2. The standard InChI is InChI=1S/C16H12N4O/c1-21-12-8-6-11(7-9-12)20-15(10-17)19-14-5-3-2-4-13(14)16(20)18/h2-9,18H,1H3. The topological polar surface area (TPSA) is 74.7 Å². The Balaban J connectivity index is 2.32. The van der Waals surface area contributed by atoms with E-state index in [4.69, 9.17) is 10.1 Å². The quantitative estimate of drug-likeness (QED) is 0.780. The first-order valence-corrected chi connectivity index (χ1v) is 6.35. The smallest absolute Gasteiger partial charge is 0.219 e. The molecule has 102 valence electrons. The zero-order valence-electron chi connectivity index (χ0n) is 11.4. The average Bonchev–Trinajstić information content (AvgIpc) is 2.55. The van der Waals surface area contributed by atoms with Gasteiger partial charge in [-0.2, -0.15) is 5.26 Å². The number of nitrogens with one attached hydrogen (secondary N) is 1. The zero-order chi connectivity index (χ0) is 14.8. The van der Waals surface area contributed by atoms with Gasteiger partial charge in [0, 0.05) is 5.39 Å². The molecule has 21 heavy (non-hydrogen) atoms. The van der Waals surface area contributed by atoms with Gasteiger partial charge < -0.3 is 4.74 Å². The van der Waals surface area contributed by atoms with Crippen molar-refractivity contribution in [3.05, 3.63) is 59.8 Å². The van der Waals surface area contributed by atoms with Crippen molar-refractivity contribution in [3.8, 4) is 17.5 Å². The number of rotatable bonds is 2. The van der Waals surface area contributed by atoms with Gasteiger partial charge in [0.1, 0.15) is 17.3 Å². The summed E-state index contributed by atoms with van der Waals surface area (Å²) in [4.78, 5) is 4.32. The van der Waals surface area contributed by atoms with Gasteiger partial charge in [-0.15, -0.1) is 0 Å². The number of nitriles is 1. The molecule has 0 saturated carbocycles. The summed E-state index contributed by atoms with van der Waals surface area (Å²) in [6, 6.07) is 16.6. The molecule has 1 N–H and O–H groups in total. The molecule has 0 unspecified atom stereocenters. The highest BCUT2D eigenvalue weighted by Gasteiger charge is 2.09. The second kappa shape index (κ2) is 5.10. The van der Waals surface area contributed by atoms with Crippen LogP contribution in [0.3, 0.4) is 0 Å². The normalized spacial score (nSPS) is 10.3. The first-order valence-electron chi connectivity index (χ1n) is 6.35. The van der Waals surface area contributed by atoms with Gasteiger partial charge in [0.2, 0.25) is 5.82 Å². The van der Waals surface area contributed by atoms with Crippen LogP contribution in [0.15, 0.2) is 48.5 Å². The molecule has 2 aromatic carbocycles. The van der Waals surface area contributed by atoms with Crippen molar-refractivity contribution in [2.45, 2.75) is 0 Å². The van der Waals surface area contributed by atoms with Gasteiger partial charge in [0.25, 0.3) is 0 Å². The predicted molar refractivity (Wildman–Crippen MR) is 78.2 cm³/mol. The lowest BCUT2D eigenvalue weighted by Gasteiger charge is -2.11. The average molecular weight is 276 g/mol. The Bertz CT molecular complexity index is 904. The zero-order valence-corrected chi connectivity index (χ0v) is 11.4. The first-order chi connectivity index (χ1) is 10.2. The SMILES string of the molecule is COc1ccc(-n2c(C#N)nc3ccccc3c2=N)cc1. The van der Waals surface area contributed by atoms with E-state index in [1.807, 2.05) is 18.2 Å². The molecule has 1 heterocycles. The van der Waals surface area contributed by atoms with Gasteiger partial charge in [0.05, 0.1) is 18.3 Å². The Morgan fingerprint density at radius 1 is 1.14 bits per heavy atom. The fourth-order valence-corrected chi connectivity index (χ4v) is 2.22. The van der Waals surface area contributed by atoms with Gasteiger partial charge in [-0.25, -0.2) is 4.98 Å². The lowest BCUT2D eigenvalue weighted by Crippen LogP contribution is -2.22. The van der Waals surface area contributed by atoms with Crippen molar-refractivity contribution in [2.75, 3.05) is 7.11 Å². The molecule has 5 nitrogen and oxygen atoms in total. The number of fused-ring (bicyclic) bond motifs is 1. The summed E-state index contributed by atoms with van der Waals surface area (Å²) >= 11 is 0. The summed E-state index contributed by atoms with van der Waals surface area (Å²) in [7, 11) is 1.59. The second-order valence-corrected chi connectivity index (χ2v) is 4.45. The van der Waals surface area contributed by atoms with Crippen LogP contribution in [0.5, 0.6) is 5.75 Å². The van der Waals surface area contributed by atoms with Gasteiger partial charge in [-0.1, -0.05) is 12.1 Å². The highest BCUT2D eigenvalue weighted by molar-refractivity contribution is 5.77. The molecule has 0 aliphatic carbocycles. The molecule has 0 atom stereocenters. The maximum Gasteiger partial charge on any atom is 0.219 e. The summed E-state index contributed by atoms with van der Waals surface area (Å²) < 4.78 is 6.65. The number of hydrogen-bond acceptors (Lipinski definition) is 4. The van der Waals surface area contributed by atoms with E-state index < -0.39 is 0 Å². The third-order valence-corrected chi connectivity index (χ3v) is 3.25. The van der Waals surface area contributed by atoms with Crippen molar-refractivity contribution >= 4 is 10.9 Å². The molecule has 0 aliphatic heterocycles. The van der Waals surface area contributed by atoms with E-state index in [1.54, 1.807) is 37.4 Å². The van der Waals surface area contributed by atoms with E-state index in [0.29, 0.717) is 16.6 Å². The molecular weight excluding hydrogens is 264 g/mol. The molecule has 0 bridgehead atoms. The second-order valence-electron chi connectivity index (χ2n) is 4.45. The number of nitrogens with zero attached hydrogens (tertiary/aromatic N) is 3. The highest BCUT2D eigenvalue weighted by Crippen LogP contribution is 2.16. The van der Waals surface area contributed by atoms with Crippen molar-refractivity contribution in [1.29, 1.82) is 10.7 Å². The van der Waals surface area contributed by atoms with Crippen LogP contribution in [0, 0.1) is 16.7 Å². The van der Waals surface area contributed by atoms with Gasteiger partial charge in [-0.3, -0.25) is 9.98 Å². The van der Waals surface area contributed by atoms with E-state index in [-0.39, 0.29) is 11.3 Å². The van der Waals surface area contributed by atoms with E-state index in [9.17, 15) is 5.26 Å². The molecule has 3 rings (SSSR count). The Kier molecular flexibility index (Phi) is 3.13. The summed E-state index contributed by atoms with van der Waals surface area (Å²) in [6.07, 6.45) is 0. The Morgan fingerprint density at radius 3 is 2.52 bits per heavy atom. The minimum atomic E-state index is 0.184. The van der Waals surface area contributed by atoms with Gasteiger partial charge >= 0.3 is 0 Å². The first kappa shape index (κ1) is 12.9. The highest BCUT2D eigenvalue weighted by atomic mass is 16.5. The van der Waals surface area contributed by atoms with Gasteiger partial charge in [0.15, 0.2) is 0 Å². The van der Waals surface area contributed by atoms with Gasteiger partial charge in [-0.05, 0) is 36.4 Å². The van der Waals surface area contributed by atoms with Crippen LogP contribution >= 0.6 is 0 Å². The summed E-state index contributed by atoms with van der Waals surface area (Å²) in [6.45, 7) is 0. The molecule has 5 heteroatoms. The number of methoxy groups -OCH3 is 1. The lowest BCUT2D eigenvalue weighted by atomic mass is 10.2. The van der Waals surface area contributed by atoms with Crippen LogP contribution in [0.1, 0.15) is 5.82 Å². The monoisotopic (exact) mass is 276 g/mol. The molecular formula is C16H12N4O. The Morgan fingerprint density at radius 2 is 1.86 bits per heavy atom. The third kappa shape index (κ3) is 2.13. The minimum absolute atomic E-state index is 0.184. The fraction of sp³-hybridized carbons (Fsp3) is 0.0625. The molecule has 0 fully saturated rings. The Labute approximate surface area is 121 Å². The van der Waals surface area contributed by atoms with Crippen LogP contribution in [-0.2, 0) is 0 Å². The molecule has 0 spiro atoms. The molecule has 0 amide bonds. The Hall–Kier alpha value is -3.13. The van der Waals surface area contributed by atoms with Crippen LogP contribution in [-0.4, -0.2) is 16.7 Å². The molecule has 0 saturated heterocycles. The van der Waals surface area contributed by atoms with Crippen LogP contribution in [0.2, 0.25) is 0 Å². The molecule has 0 radical (unpaired) electrons. The maximum absolute atomic E-state index is 9.32. The minimum Gasteiger partial charge on any atom is -0.497 e. The van der Waals surface area contributed by atoms with Crippen molar-refractivity contribution in [3.63, 3.8) is 0 Å². The maximum atomic E-state index is 9.32. The lowest BCUT2D eigenvalue weighted by molar-refractivity contribution is 0.414. The third-order valence-electron chi connectivity index (χ3n) is 3.25. The van der Waals surface area contributed by atoms with E-state index in [1.165, 1.54) is 4.57 Å². The summed E-state index contributed by atoms with van der Waals surface area (Å²) in [5.74, 6) is 0.905. The van der Waals surface area contributed by atoms with E-state index in [2.05, 4.69) is 11.1 Å². The van der Waals surface area contributed by atoms with E-state index >= 15 is 0 Å². The van der Waals surface area contributed by atoms with Crippen molar-refractivity contribution < 1.29 is 4.74 Å². The van der Waals surface area contributed by atoms with Crippen molar-refractivity contribution in [1.82, 2.24) is 9.55 Å².